The largest absolute Gasteiger partial charge is 0.434 e. The summed E-state index contributed by atoms with van der Waals surface area (Å²) in [5, 5.41) is 1.62. The number of carbonyl (C=O) groups excluding carboxylic acids is 2. The Hall–Kier alpha value is -3.48. The van der Waals surface area contributed by atoms with Gasteiger partial charge in [0.1, 0.15) is 11.6 Å². The molecular formula is C26H24ClN3O3. The van der Waals surface area contributed by atoms with Crippen LogP contribution >= 0.6 is 11.6 Å². The number of carbonyl (C=O) groups is 2. The second kappa shape index (κ2) is 10.4. The van der Waals surface area contributed by atoms with Crippen LogP contribution in [0.15, 0.2) is 83.3 Å². The van der Waals surface area contributed by atoms with Crippen molar-refractivity contribution in [1.29, 1.82) is 0 Å². The van der Waals surface area contributed by atoms with Gasteiger partial charge in [0.05, 0.1) is 0 Å². The maximum atomic E-state index is 13.4. The Morgan fingerprint density at radius 1 is 0.939 bits per heavy atom. The number of halogens is 1. The van der Waals surface area contributed by atoms with E-state index in [0.29, 0.717) is 35.4 Å². The number of nitrogens with two attached hydrogens (primary N) is 1. The highest BCUT2D eigenvalue weighted by Gasteiger charge is 2.31. The van der Waals surface area contributed by atoms with E-state index < -0.39 is 11.8 Å². The van der Waals surface area contributed by atoms with Crippen molar-refractivity contribution in [1.82, 2.24) is 9.99 Å². The number of aryl methyl sites for hydroxylation is 2. The lowest BCUT2D eigenvalue weighted by Gasteiger charge is -2.25. The first kappa shape index (κ1) is 22.7. The second-order valence-corrected chi connectivity index (χ2v) is 8.19. The summed E-state index contributed by atoms with van der Waals surface area (Å²) in [5.41, 5.74) is 2.99. The minimum Gasteiger partial charge on any atom is -0.434 e. The summed E-state index contributed by atoms with van der Waals surface area (Å²) in [7, 11) is 0. The SMILES string of the molecule is NN(C(=O)CCc1ccccc1Cl)[C@@H](CCc1ccccc1)C(=O)c1nc2ccccc2o1. The van der Waals surface area contributed by atoms with Crippen LogP contribution in [0.2, 0.25) is 5.02 Å². The molecule has 1 atom stereocenters. The van der Waals surface area contributed by atoms with Gasteiger partial charge in [0.2, 0.25) is 11.7 Å². The van der Waals surface area contributed by atoms with Gasteiger partial charge in [-0.1, -0.05) is 72.3 Å². The summed E-state index contributed by atoms with van der Waals surface area (Å²) in [6, 6.07) is 23.3. The number of hydrogen-bond donors (Lipinski definition) is 1. The average molecular weight is 462 g/mol. The lowest BCUT2D eigenvalue weighted by molar-refractivity contribution is -0.133. The van der Waals surface area contributed by atoms with E-state index in [1.54, 1.807) is 18.2 Å². The molecule has 1 amide bonds. The number of para-hydroxylation sites is 2. The number of Topliss-reactive ketones (excluding diaryl/α,β-unsaturated/α-hetero) is 1. The molecule has 0 saturated carbocycles. The number of amides is 1. The van der Waals surface area contributed by atoms with E-state index in [0.717, 1.165) is 16.1 Å². The van der Waals surface area contributed by atoms with Crippen molar-refractivity contribution in [2.75, 3.05) is 0 Å². The summed E-state index contributed by atoms with van der Waals surface area (Å²) >= 11 is 6.21. The molecule has 0 unspecified atom stereocenters. The number of fused-ring (bicyclic) bond motifs is 1. The molecule has 1 heterocycles. The first-order chi connectivity index (χ1) is 16.0. The molecule has 3 aromatic carbocycles. The van der Waals surface area contributed by atoms with Gasteiger partial charge in [0.15, 0.2) is 5.58 Å². The minimum absolute atomic E-state index is 0.0522. The van der Waals surface area contributed by atoms with Crippen molar-refractivity contribution < 1.29 is 14.0 Å². The van der Waals surface area contributed by atoms with E-state index >= 15 is 0 Å². The molecular weight excluding hydrogens is 438 g/mol. The van der Waals surface area contributed by atoms with Crippen LogP contribution in [0.1, 0.15) is 34.7 Å². The number of oxazole rings is 1. The molecule has 6 nitrogen and oxygen atoms in total. The summed E-state index contributed by atoms with van der Waals surface area (Å²) in [6.45, 7) is 0. The molecule has 0 fully saturated rings. The number of rotatable bonds is 9. The highest BCUT2D eigenvalue weighted by atomic mass is 35.5. The first-order valence-corrected chi connectivity index (χ1v) is 11.1. The zero-order chi connectivity index (χ0) is 23.2. The molecule has 33 heavy (non-hydrogen) atoms. The lowest BCUT2D eigenvalue weighted by Crippen LogP contribution is -2.50. The van der Waals surface area contributed by atoms with Crippen LogP contribution in [-0.2, 0) is 17.6 Å². The summed E-state index contributed by atoms with van der Waals surface area (Å²) in [6.07, 6.45) is 1.47. The normalized spacial score (nSPS) is 11.9. The topological polar surface area (TPSA) is 89.4 Å². The summed E-state index contributed by atoms with van der Waals surface area (Å²) in [4.78, 5) is 30.6. The van der Waals surface area contributed by atoms with Crippen LogP contribution in [0.5, 0.6) is 0 Å². The number of aromatic nitrogens is 1. The van der Waals surface area contributed by atoms with Gasteiger partial charge in [-0.15, -0.1) is 0 Å². The average Bonchev–Trinajstić information content (AvgIpc) is 3.28. The van der Waals surface area contributed by atoms with Gasteiger partial charge in [-0.05, 0) is 48.6 Å². The Balaban J connectivity index is 1.53. The van der Waals surface area contributed by atoms with Gasteiger partial charge in [0.25, 0.3) is 5.89 Å². The molecule has 2 N–H and O–H groups in total. The zero-order valence-electron chi connectivity index (χ0n) is 18.0. The van der Waals surface area contributed by atoms with Gasteiger partial charge in [-0.2, -0.15) is 0 Å². The molecule has 1 aromatic heterocycles. The fourth-order valence-corrected chi connectivity index (χ4v) is 3.94. The van der Waals surface area contributed by atoms with Crippen LogP contribution in [0.3, 0.4) is 0 Å². The molecule has 4 rings (SSSR count). The molecule has 0 radical (unpaired) electrons. The van der Waals surface area contributed by atoms with Gasteiger partial charge < -0.3 is 4.42 Å². The van der Waals surface area contributed by atoms with E-state index in [1.807, 2.05) is 60.7 Å². The van der Waals surface area contributed by atoms with E-state index in [9.17, 15) is 9.59 Å². The third-order valence-corrected chi connectivity index (χ3v) is 5.92. The highest BCUT2D eigenvalue weighted by molar-refractivity contribution is 6.31. The van der Waals surface area contributed by atoms with Crippen molar-refractivity contribution in [2.24, 2.45) is 5.84 Å². The molecule has 0 saturated heterocycles. The minimum atomic E-state index is -0.906. The van der Waals surface area contributed by atoms with Crippen LogP contribution in [-0.4, -0.2) is 27.7 Å². The van der Waals surface area contributed by atoms with Crippen LogP contribution < -0.4 is 5.84 Å². The Morgan fingerprint density at radius 2 is 1.64 bits per heavy atom. The smallest absolute Gasteiger partial charge is 0.266 e. The number of benzene rings is 3. The molecule has 7 heteroatoms. The maximum Gasteiger partial charge on any atom is 0.266 e. The molecule has 0 bridgehead atoms. The number of hydrogen-bond acceptors (Lipinski definition) is 5. The molecule has 0 aliphatic rings. The predicted molar refractivity (Wildman–Crippen MR) is 128 cm³/mol. The van der Waals surface area contributed by atoms with Crippen LogP contribution in [0.25, 0.3) is 11.1 Å². The third-order valence-electron chi connectivity index (χ3n) is 5.55. The molecule has 0 aliphatic carbocycles. The van der Waals surface area contributed by atoms with E-state index in [1.165, 1.54) is 0 Å². The standard InChI is InChI=1S/C26H24ClN3O3/c27-20-11-5-4-10-19(20)15-17-24(31)30(28)22(16-14-18-8-2-1-3-9-18)25(32)26-29-21-12-6-7-13-23(21)33-26/h1-13,22H,14-17,28H2/t22-/m0/s1. The van der Waals surface area contributed by atoms with Crippen LogP contribution in [0, 0.1) is 0 Å². The molecule has 4 aromatic rings. The fraction of sp³-hybridized carbons (Fsp3) is 0.192. The van der Waals surface area contributed by atoms with Crippen molar-refractivity contribution in [2.45, 2.75) is 31.7 Å². The summed E-state index contributed by atoms with van der Waals surface area (Å²) in [5.74, 6) is 5.40. The molecule has 0 aliphatic heterocycles. The van der Waals surface area contributed by atoms with Crippen molar-refractivity contribution in [3.63, 3.8) is 0 Å². The van der Waals surface area contributed by atoms with Gasteiger partial charge >= 0.3 is 0 Å². The Labute approximate surface area is 196 Å². The van der Waals surface area contributed by atoms with Gasteiger partial charge in [-0.3, -0.25) is 14.6 Å². The lowest BCUT2D eigenvalue weighted by atomic mass is 10.0. The summed E-state index contributed by atoms with van der Waals surface area (Å²) < 4.78 is 5.67. The maximum absolute atomic E-state index is 13.4. The van der Waals surface area contributed by atoms with Crippen molar-refractivity contribution in [3.05, 3.63) is 101 Å². The van der Waals surface area contributed by atoms with Crippen molar-refractivity contribution >= 4 is 34.4 Å². The Bertz CT molecular complexity index is 1220. The van der Waals surface area contributed by atoms with Crippen LogP contribution in [0.4, 0.5) is 0 Å². The fourth-order valence-electron chi connectivity index (χ4n) is 3.71. The monoisotopic (exact) mass is 461 g/mol. The van der Waals surface area contributed by atoms with E-state index in [4.69, 9.17) is 21.9 Å². The molecule has 168 valence electrons. The Kier molecular flexibility index (Phi) is 7.17. The second-order valence-electron chi connectivity index (χ2n) is 7.78. The Morgan fingerprint density at radius 3 is 2.39 bits per heavy atom. The van der Waals surface area contributed by atoms with Gasteiger partial charge in [0, 0.05) is 11.4 Å². The number of hydrazine groups is 1. The van der Waals surface area contributed by atoms with E-state index in [2.05, 4.69) is 4.98 Å². The highest BCUT2D eigenvalue weighted by Crippen LogP contribution is 2.21. The van der Waals surface area contributed by atoms with Crippen molar-refractivity contribution in [3.8, 4) is 0 Å². The van der Waals surface area contributed by atoms with E-state index in [-0.39, 0.29) is 18.2 Å². The first-order valence-electron chi connectivity index (χ1n) is 10.8. The van der Waals surface area contributed by atoms with Gasteiger partial charge in [-0.25, -0.2) is 10.8 Å². The third kappa shape index (κ3) is 5.48. The quantitative estimate of drug-likeness (QED) is 0.164. The number of ketones is 1. The number of nitrogens with zero attached hydrogens (tertiary/aromatic N) is 2. The predicted octanol–water partition coefficient (Wildman–Crippen LogP) is 5.00. The molecule has 0 spiro atoms. The zero-order valence-corrected chi connectivity index (χ0v) is 18.7.